The molecule has 3 rings (SSSR count). The Labute approximate surface area is 98.0 Å². The molecule has 0 radical (unpaired) electrons. The molecule has 1 aromatic rings. The Bertz CT molecular complexity index is 361. The topological polar surface area (TPSA) is 17.0 Å². The van der Waals surface area contributed by atoms with Crippen molar-refractivity contribution in [1.29, 1.82) is 0 Å². The van der Waals surface area contributed by atoms with E-state index in [1.807, 2.05) is 0 Å². The summed E-state index contributed by atoms with van der Waals surface area (Å²) in [6, 6.07) is 2.94. The lowest BCUT2D eigenvalue weighted by molar-refractivity contribution is 0.0361. The van der Waals surface area contributed by atoms with E-state index in [2.05, 4.69) is 35.3 Å². The first-order valence-electron chi connectivity index (χ1n) is 6.73. The fraction of sp³-hybridized carbons (Fsp3) is 0.714. The van der Waals surface area contributed by atoms with E-state index in [9.17, 15) is 0 Å². The van der Waals surface area contributed by atoms with Crippen LogP contribution in [0.15, 0.2) is 18.5 Å². The number of nitrogens with zero attached hydrogens (tertiary/aromatic N) is 1. The number of aromatic nitrogens is 1. The summed E-state index contributed by atoms with van der Waals surface area (Å²) in [5, 5.41) is 3.65. The minimum absolute atomic E-state index is 0.609. The predicted molar refractivity (Wildman–Crippen MR) is 66.4 cm³/mol. The largest absolute Gasteiger partial charge is 0.354 e. The third kappa shape index (κ3) is 1.51. The second-order valence-corrected chi connectivity index (χ2v) is 5.51. The van der Waals surface area contributed by atoms with Crippen LogP contribution in [0.25, 0.3) is 0 Å². The highest BCUT2D eigenvalue weighted by molar-refractivity contribution is 5.23. The van der Waals surface area contributed by atoms with Crippen molar-refractivity contribution in [1.82, 2.24) is 9.88 Å². The molecule has 88 valence electrons. The molecule has 0 amide bonds. The van der Waals surface area contributed by atoms with E-state index in [4.69, 9.17) is 0 Å². The second kappa shape index (κ2) is 3.92. The minimum atomic E-state index is 0.609. The van der Waals surface area contributed by atoms with Gasteiger partial charge in [-0.15, -0.1) is 0 Å². The van der Waals surface area contributed by atoms with Gasteiger partial charge in [-0.3, -0.25) is 0 Å². The second-order valence-electron chi connectivity index (χ2n) is 5.51. The average Bonchev–Trinajstić information content (AvgIpc) is 2.77. The first kappa shape index (κ1) is 10.4. The van der Waals surface area contributed by atoms with E-state index >= 15 is 0 Å². The third-order valence-electron chi connectivity index (χ3n) is 4.59. The van der Waals surface area contributed by atoms with Crippen molar-refractivity contribution in [3.05, 3.63) is 24.0 Å². The average molecular weight is 218 g/mol. The van der Waals surface area contributed by atoms with Crippen LogP contribution in [0.1, 0.15) is 50.6 Å². The molecule has 0 unspecified atom stereocenters. The van der Waals surface area contributed by atoms with E-state index in [-0.39, 0.29) is 0 Å². The lowest BCUT2D eigenvalue weighted by Gasteiger charge is -2.53. The number of hydrogen-bond acceptors (Lipinski definition) is 1. The third-order valence-corrected chi connectivity index (χ3v) is 4.59. The van der Waals surface area contributed by atoms with Crippen molar-refractivity contribution in [3.8, 4) is 0 Å². The van der Waals surface area contributed by atoms with Crippen LogP contribution in [0.4, 0.5) is 0 Å². The summed E-state index contributed by atoms with van der Waals surface area (Å²) < 4.78 is 2.28. The van der Waals surface area contributed by atoms with Crippen LogP contribution >= 0.6 is 0 Å². The molecule has 1 saturated heterocycles. The molecule has 1 N–H and O–H groups in total. The molecule has 1 aromatic heterocycles. The van der Waals surface area contributed by atoms with Gasteiger partial charge in [0, 0.05) is 36.9 Å². The van der Waals surface area contributed by atoms with Gasteiger partial charge in [0.25, 0.3) is 0 Å². The Kier molecular flexibility index (Phi) is 2.55. The Morgan fingerprint density at radius 1 is 1.38 bits per heavy atom. The Morgan fingerprint density at radius 2 is 2.19 bits per heavy atom. The summed E-state index contributed by atoms with van der Waals surface area (Å²) in [5.74, 6) is 0. The molecule has 2 heteroatoms. The highest BCUT2D eigenvalue weighted by Gasteiger charge is 2.47. The van der Waals surface area contributed by atoms with Crippen molar-refractivity contribution >= 4 is 0 Å². The summed E-state index contributed by atoms with van der Waals surface area (Å²) in [5.41, 5.74) is 2.12. The summed E-state index contributed by atoms with van der Waals surface area (Å²) in [7, 11) is 0. The standard InChI is InChI=1S/C14H22N2/c1-2-16-9-6-12(10-16)13-14(11-15-13)7-4-3-5-8-14/h6,9-10,13,15H,2-5,7-8,11H2,1H3/t13-/m1/s1. The van der Waals surface area contributed by atoms with Crippen LogP contribution in [0.2, 0.25) is 0 Å². The first-order valence-corrected chi connectivity index (χ1v) is 6.73. The summed E-state index contributed by atoms with van der Waals surface area (Å²) in [6.45, 7) is 4.53. The minimum Gasteiger partial charge on any atom is -0.354 e. The van der Waals surface area contributed by atoms with Gasteiger partial charge in [0.2, 0.25) is 0 Å². The molecular formula is C14H22N2. The van der Waals surface area contributed by atoms with Crippen LogP contribution in [-0.4, -0.2) is 11.1 Å². The monoisotopic (exact) mass is 218 g/mol. The van der Waals surface area contributed by atoms with Crippen molar-refractivity contribution in [3.63, 3.8) is 0 Å². The van der Waals surface area contributed by atoms with Gasteiger partial charge < -0.3 is 9.88 Å². The van der Waals surface area contributed by atoms with Crippen molar-refractivity contribution in [2.45, 2.75) is 51.6 Å². The molecular weight excluding hydrogens is 196 g/mol. The molecule has 0 aromatic carbocycles. The molecule has 1 aliphatic heterocycles. The Hall–Kier alpha value is -0.760. The van der Waals surface area contributed by atoms with Crippen molar-refractivity contribution in [2.24, 2.45) is 5.41 Å². The first-order chi connectivity index (χ1) is 7.84. The zero-order valence-corrected chi connectivity index (χ0v) is 10.2. The van der Waals surface area contributed by atoms with Crippen molar-refractivity contribution in [2.75, 3.05) is 6.54 Å². The summed E-state index contributed by atoms with van der Waals surface area (Å²) >= 11 is 0. The van der Waals surface area contributed by atoms with Crippen LogP contribution in [0.5, 0.6) is 0 Å². The van der Waals surface area contributed by atoms with E-state index in [1.54, 1.807) is 0 Å². The zero-order valence-electron chi connectivity index (χ0n) is 10.2. The maximum Gasteiger partial charge on any atom is 0.0404 e. The number of nitrogens with one attached hydrogen (secondary N) is 1. The molecule has 1 atom stereocenters. The SMILES string of the molecule is CCn1ccc([C@H]2NCC23CCCCC3)c1. The van der Waals surface area contributed by atoms with E-state index in [0.29, 0.717) is 11.5 Å². The lowest BCUT2D eigenvalue weighted by atomic mass is 9.63. The Morgan fingerprint density at radius 3 is 2.75 bits per heavy atom. The van der Waals surface area contributed by atoms with Crippen molar-refractivity contribution < 1.29 is 0 Å². The van der Waals surface area contributed by atoms with Crippen LogP contribution < -0.4 is 5.32 Å². The van der Waals surface area contributed by atoms with E-state index in [0.717, 1.165) is 6.54 Å². The van der Waals surface area contributed by atoms with E-state index in [1.165, 1.54) is 44.2 Å². The highest BCUT2D eigenvalue weighted by atomic mass is 15.1. The van der Waals surface area contributed by atoms with E-state index < -0.39 is 0 Å². The molecule has 0 bridgehead atoms. The Balaban J connectivity index is 1.79. The lowest BCUT2D eigenvalue weighted by Crippen LogP contribution is -2.56. The van der Waals surface area contributed by atoms with Crippen LogP contribution in [0.3, 0.4) is 0 Å². The molecule has 1 aliphatic carbocycles. The normalized spacial score (nSPS) is 27.9. The molecule has 1 spiro atoms. The smallest absolute Gasteiger partial charge is 0.0404 e. The molecule has 2 heterocycles. The van der Waals surface area contributed by atoms with Gasteiger partial charge in [-0.05, 0) is 31.4 Å². The van der Waals surface area contributed by atoms with Gasteiger partial charge in [-0.1, -0.05) is 19.3 Å². The number of rotatable bonds is 2. The summed E-state index contributed by atoms with van der Waals surface area (Å²) in [6.07, 6.45) is 11.7. The molecule has 2 nitrogen and oxygen atoms in total. The summed E-state index contributed by atoms with van der Waals surface area (Å²) in [4.78, 5) is 0. The number of hydrogen-bond donors (Lipinski definition) is 1. The quantitative estimate of drug-likeness (QED) is 0.807. The predicted octanol–water partition coefficient (Wildman–Crippen LogP) is 3.10. The van der Waals surface area contributed by atoms with Gasteiger partial charge in [-0.2, -0.15) is 0 Å². The fourth-order valence-electron chi connectivity index (χ4n) is 3.51. The highest BCUT2D eigenvalue weighted by Crippen LogP contribution is 2.51. The fourth-order valence-corrected chi connectivity index (χ4v) is 3.51. The van der Waals surface area contributed by atoms with Gasteiger partial charge in [0.1, 0.15) is 0 Å². The maximum atomic E-state index is 3.65. The molecule has 1 saturated carbocycles. The zero-order chi connectivity index (χ0) is 11.0. The molecule has 2 aliphatic rings. The van der Waals surface area contributed by atoms with Crippen LogP contribution in [-0.2, 0) is 6.54 Å². The van der Waals surface area contributed by atoms with Gasteiger partial charge in [0.05, 0.1) is 0 Å². The maximum absolute atomic E-state index is 3.65. The molecule has 16 heavy (non-hydrogen) atoms. The number of aryl methyl sites for hydroxylation is 1. The van der Waals surface area contributed by atoms with Gasteiger partial charge >= 0.3 is 0 Å². The molecule has 2 fully saturated rings. The van der Waals surface area contributed by atoms with Gasteiger partial charge in [-0.25, -0.2) is 0 Å². The van der Waals surface area contributed by atoms with Gasteiger partial charge in [0.15, 0.2) is 0 Å². The van der Waals surface area contributed by atoms with Crippen LogP contribution in [0, 0.1) is 5.41 Å².